The Morgan fingerprint density at radius 2 is 1.95 bits per heavy atom. The standard InChI is InChI=1S/C16H22N2O/c1-18-11-14(16(19)12-7-3-2-4-8-12)17-13-9-5-6-10-15(13)18/h5-6,9-10,12,16,19H,2-4,7-8,11H2,1H3. The second-order valence-corrected chi connectivity index (χ2v) is 5.79. The molecule has 0 bridgehead atoms. The van der Waals surface area contributed by atoms with Crippen molar-refractivity contribution >= 4 is 17.1 Å². The lowest BCUT2D eigenvalue weighted by molar-refractivity contribution is 0.139. The quantitative estimate of drug-likeness (QED) is 0.884. The predicted molar refractivity (Wildman–Crippen MR) is 79.4 cm³/mol. The third-order valence-electron chi connectivity index (χ3n) is 4.39. The number of aliphatic hydroxyl groups is 1. The second kappa shape index (κ2) is 5.33. The van der Waals surface area contributed by atoms with Crippen LogP contribution in [0.1, 0.15) is 32.1 Å². The molecule has 0 saturated heterocycles. The maximum atomic E-state index is 10.6. The van der Waals surface area contributed by atoms with Crippen LogP contribution < -0.4 is 4.90 Å². The average molecular weight is 258 g/mol. The summed E-state index contributed by atoms with van der Waals surface area (Å²) in [6.45, 7) is 0.745. The molecule has 19 heavy (non-hydrogen) atoms. The summed E-state index contributed by atoms with van der Waals surface area (Å²) in [6.07, 6.45) is 5.74. The highest BCUT2D eigenvalue weighted by Crippen LogP contribution is 2.34. The molecule has 1 saturated carbocycles. The molecular formula is C16H22N2O. The largest absolute Gasteiger partial charge is 0.387 e. The Morgan fingerprint density at radius 1 is 1.21 bits per heavy atom. The van der Waals surface area contributed by atoms with Crippen LogP contribution in [0.5, 0.6) is 0 Å². The molecule has 1 aromatic carbocycles. The molecule has 1 aliphatic carbocycles. The van der Waals surface area contributed by atoms with E-state index in [1.165, 1.54) is 19.3 Å². The summed E-state index contributed by atoms with van der Waals surface area (Å²) >= 11 is 0. The van der Waals surface area contributed by atoms with Crippen LogP contribution in [0.2, 0.25) is 0 Å². The summed E-state index contributed by atoms with van der Waals surface area (Å²) < 4.78 is 0. The van der Waals surface area contributed by atoms with Crippen LogP contribution in [-0.4, -0.2) is 30.5 Å². The maximum Gasteiger partial charge on any atom is 0.0967 e. The molecule has 1 fully saturated rings. The zero-order valence-electron chi connectivity index (χ0n) is 11.5. The molecule has 1 aromatic rings. The molecule has 0 radical (unpaired) electrons. The van der Waals surface area contributed by atoms with Gasteiger partial charge in [0.1, 0.15) is 0 Å². The topological polar surface area (TPSA) is 35.8 Å². The lowest BCUT2D eigenvalue weighted by Gasteiger charge is -2.33. The normalized spacial score (nSPS) is 21.8. The van der Waals surface area contributed by atoms with E-state index < -0.39 is 0 Å². The summed E-state index contributed by atoms with van der Waals surface area (Å²) in [6, 6.07) is 8.15. The van der Waals surface area contributed by atoms with Gasteiger partial charge in [0.15, 0.2) is 0 Å². The van der Waals surface area contributed by atoms with Crippen molar-refractivity contribution in [2.75, 3.05) is 18.5 Å². The summed E-state index contributed by atoms with van der Waals surface area (Å²) in [5.74, 6) is 0.408. The molecule has 1 atom stereocenters. The van der Waals surface area contributed by atoms with Crippen molar-refractivity contribution in [3.8, 4) is 0 Å². The first-order valence-electron chi connectivity index (χ1n) is 7.31. The average Bonchev–Trinajstić information content (AvgIpc) is 2.47. The van der Waals surface area contributed by atoms with E-state index in [9.17, 15) is 5.11 Å². The number of hydrogen-bond donors (Lipinski definition) is 1. The first kappa shape index (κ1) is 12.7. The third kappa shape index (κ3) is 2.52. The molecule has 0 amide bonds. The maximum absolute atomic E-state index is 10.6. The minimum atomic E-state index is -0.365. The van der Waals surface area contributed by atoms with Crippen LogP contribution in [0.15, 0.2) is 29.3 Å². The number of benzene rings is 1. The Hall–Kier alpha value is -1.35. The second-order valence-electron chi connectivity index (χ2n) is 5.79. The van der Waals surface area contributed by atoms with Crippen molar-refractivity contribution in [3.63, 3.8) is 0 Å². The number of rotatable bonds is 2. The van der Waals surface area contributed by atoms with E-state index in [1.807, 2.05) is 18.2 Å². The first-order valence-corrected chi connectivity index (χ1v) is 7.31. The highest BCUT2D eigenvalue weighted by atomic mass is 16.3. The summed E-state index contributed by atoms with van der Waals surface area (Å²) in [5.41, 5.74) is 3.08. The molecule has 3 rings (SSSR count). The number of aliphatic imine (C=N–C) groups is 1. The lowest BCUT2D eigenvalue weighted by atomic mass is 9.83. The highest BCUT2D eigenvalue weighted by molar-refractivity contribution is 5.98. The van der Waals surface area contributed by atoms with Gasteiger partial charge < -0.3 is 10.0 Å². The zero-order chi connectivity index (χ0) is 13.2. The van der Waals surface area contributed by atoms with E-state index in [0.717, 1.165) is 36.5 Å². The van der Waals surface area contributed by atoms with Gasteiger partial charge in [-0.3, -0.25) is 4.99 Å². The van der Waals surface area contributed by atoms with Gasteiger partial charge in [-0.05, 0) is 30.9 Å². The Bertz CT molecular complexity index is 477. The van der Waals surface area contributed by atoms with Gasteiger partial charge in [-0.2, -0.15) is 0 Å². The predicted octanol–water partition coefficient (Wildman–Crippen LogP) is 3.15. The summed E-state index contributed by atoms with van der Waals surface area (Å²) in [4.78, 5) is 6.88. The van der Waals surface area contributed by atoms with Gasteiger partial charge in [-0.1, -0.05) is 31.4 Å². The van der Waals surface area contributed by atoms with Crippen LogP contribution in [0.25, 0.3) is 0 Å². The van der Waals surface area contributed by atoms with Gasteiger partial charge in [-0.25, -0.2) is 0 Å². The molecule has 3 heteroatoms. The highest BCUT2D eigenvalue weighted by Gasteiger charge is 2.28. The fourth-order valence-electron chi connectivity index (χ4n) is 3.28. The Labute approximate surface area is 115 Å². The van der Waals surface area contributed by atoms with Gasteiger partial charge in [0, 0.05) is 7.05 Å². The van der Waals surface area contributed by atoms with E-state index >= 15 is 0 Å². The van der Waals surface area contributed by atoms with Gasteiger partial charge in [-0.15, -0.1) is 0 Å². The van der Waals surface area contributed by atoms with Crippen molar-refractivity contribution in [1.82, 2.24) is 0 Å². The number of fused-ring (bicyclic) bond motifs is 1. The molecule has 1 aliphatic heterocycles. The molecule has 1 unspecified atom stereocenters. The molecular weight excluding hydrogens is 236 g/mol. The fraction of sp³-hybridized carbons (Fsp3) is 0.562. The zero-order valence-corrected chi connectivity index (χ0v) is 11.5. The number of anilines is 1. The van der Waals surface area contributed by atoms with Crippen LogP contribution in [0.4, 0.5) is 11.4 Å². The SMILES string of the molecule is CN1CC(C(O)C2CCCCC2)=Nc2ccccc21. The van der Waals surface area contributed by atoms with E-state index in [2.05, 4.69) is 18.0 Å². The fourth-order valence-corrected chi connectivity index (χ4v) is 3.28. The van der Waals surface area contributed by atoms with Crippen molar-refractivity contribution in [3.05, 3.63) is 24.3 Å². The summed E-state index contributed by atoms with van der Waals surface area (Å²) in [7, 11) is 2.07. The van der Waals surface area contributed by atoms with E-state index in [1.54, 1.807) is 0 Å². The third-order valence-corrected chi connectivity index (χ3v) is 4.39. The molecule has 1 heterocycles. The minimum absolute atomic E-state index is 0.365. The first-order chi connectivity index (χ1) is 9.25. The van der Waals surface area contributed by atoms with E-state index in [4.69, 9.17) is 4.99 Å². The number of hydrogen-bond acceptors (Lipinski definition) is 3. The summed E-state index contributed by atoms with van der Waals surface area (Å²) in [5, 5.41) is 10.6. The van der Waals surface area contributed by atoms with Gasteiger partial charge in [0.25, 0.3) is 0 Å². The Kier molecular flexibility index (Phi) is 3.56. The van der Waals surface area contributed by atoms with Gasteiger partial charge >= 0.3 is 0 Å². The van der Waals surface area contributed by atoms with Crippen molar-refractivity contribution in [2.45, 2.75) is 38.2 Å². The van der Waals surface area contributed by atoms with Crippen molar-refractivity contribution < 1.29 is 5.11 Å². The number of para-hydroxylation sites is 2. The van der Waals surface area contributed by atoms with Crippen molar-refractivity contribution in [2.24, 2.45) is 10.9 Å². The van der Waals surface area contributed by atoms with E-state index in [-0.39, 0.29) is 6.10 Å². The number of nitrogens with zero attached hydrogens (tertiary/aromatic N) is 2. The molecule has 2 aliphatic rings. The lowest BCUT2D eigenvalue weighted by Crippen LogP contribution is -2.40. The van der Waals surface area contributed by atoms with Crippen LogP contribution >= 0.6 is 0 Å². The van der Waals surface area contributed by atoms with Gasteiger partial charge in [0.05, 0.1) is 29.7 Å². The Morgan fingerprint density at radius 3 is 2.74 bits per heavy atom. The molecule has 3 nitrogen and oxygen atoms in total. The Balaban J connectivity index is 1.83. The monoisotopic (exact) mass is 258 g/mol. The number of aliphatic hydroxyl groups excluding tert-OH is 1. The van der Waals surface area contributed by atoms with Crippen LogP contribution in [0.3, 0.4) is 0 Å². The molecule has 1 N–H and O–H groups in total. The smallest absolute Gasteiger partial charge is 0.0967 e. The molecule has 0 aromatic heterocycles. The van der Waals surface area contributed by atoms with Crippen LogP contribution in [0, 0.1) is 5.92 Å². The van der Waals surface area contributed by atoms with Gasteiger partial charge in [0.2, 0.25) is 0 Å². The minimum Gasteiger partial charge on any atom is -0.387 e. The van der Waals surface area contributed by atoms with Crippen LogP contribution in [-0.2, 0) is 0 Å². The molecule has 102 valence electrons. The van der Waals surface area contributed by atoms with E-state index in [0.29, 0.717) is 5.92 Å². The molecule has 0 spiro atoms. The van der Waals surface area contributed by atoms with Crippen molar-refractivity contribution in [1.29, 1.82) is 0 Å².